The zero-order valence-electron chi connectivity index (χ0n) is 9.93. The normalized spacial score (nSPS) is 10.1. The van der Waals surface area contributed by atoms with Crippen molar-refractivity contribution < 1.29 is 4.79 Å². The summed E-state index contributed by atoms with van der Waals surface area (Å²) in [5, 5.41) is 4.71. The van der Waals surface area contributed by atoms with E-state index in [9.17, 15) is 4.79 Å². The number of hydrogen-bond acceptors (Lipinski definition) is 5. The van der Waals surface area contributed by atoms with Crippen LogP contribution in [-0.4, -0.2) is 10.9 Å². The molecule has 0 aliphatic carbocycles. The maximum absolute atomic E-state index is 12.0. The van der Waals surface area contributed by atoms with Crippen LogP contribution in [0.15, 0.2) is 29.1 Å². The molecule has 0 bridgehead atoms. The summed E-state index contributed by atoms with van der Waals surface area (Å²) >= 11 is 1.50. The number of hydrogen-bond donors (Lipinski definition) is 3. The number of anilines is 1. The number of rotatable bonds is 4. The summed E-state index contributed by atoms with van der Waals surface area (Å²) < 4.78 is 0. The number of nitrogen functional groups attached to an aromatic ring is 1. The standard InChI is InChI=1S/C12H14N4OS/c1-8-2-3-10(11(4-8)16-13)12(17)14-5-9-6-18-7-15-9/h2-4,6-7,16H,5,13H2,1H3,(H,14,17). The molecule has 0 unspecified atom stereocenters. The first-order valence-corrected chi connectivity index (χ1v) is 6.37. The summed E-state index contributed by atoms with van der Waals surface area (Å²) in [6.07, 6.45) is 0. The van der Waals surface area contributed by atoms with Crippen molar-refractivity contribution >= 4 is 22.9 Å². The Labute approximate surface area is 109 Å². The van der Waals surface area contributed by atoms with Gasteiger partial charge in [-0.15, -0.1) is 11.3 Å². The number of nitrogens with one attached hydrogen (secondary N) is 2. The fraction of sp³-hybridized carbons (Fsp3) is 0.167. The number of thiazole rings is 1. The van der Waals surface area contributed by atoms with Crippen molar-refractivity contribution in [2.75, 3.05) is 5.43 Å². The van der Waals surface area contributed by atoms with Gasteiger partial charge >= 0.3 is 0 Å². The van der Waals surface area contributed by atoms with Crippen LogP contribution in [0.1, 0.15) is 21.6 Å². The summed E-state index contributed by atoms with van der Waals surface area (Å²) in [5.74, 6) is 5.24. The van der Waals surface area contributed by atoms with Gasteiger partial charge in [0.2, 0.25) is 0 Å². The molecule has 0 fully saturated rings. The van der Waals surface area contributed by atoms with Crippen LogP contribution in [-0.2, 0) is 6.54 Å². The Bertz CT molecular complexity index is 539. The van der Waals surface area contributed by atoms with Gasteiger partial charge in [-0.1, -0.05) is 6.07 Å². The number of nitrogens with two attached hydrogens (primary N) is 1. The molecular formula is C12H14N4OS. The Hall–Kier alpha value is -1.92. The van der Waals surface area contributed by atoms with E-state index in [1.54, 1.807) is 11.6 Å². The van der Waals surface area contributed by atoms with Crippen molar-refractivity contribution in [3.8, 4) is 0 Å². The second-order valence-electron chi connectivity index (χ2n) is 3.86. The highest BCUT2D eigenvalue weighted by molar-refractivity contribution is 7.07. The van der Waals surface area contributed by atoms with E-state index in [1.165, 1.54) is 11.3 Å². The molecule has 0 atom stereocenters. The highest BCUT2D eigenvalue weighted by Crippen LogP contribution is 2.16. The molecule has 0 aliphatic heterocycles. The predicted molar refractivity (Wildman–Crippen MR) is 72.3 cm³/mol. The van der Waals surface area contributed by atoms with Crippen LogP contribution in [0.5, 0.6) is 0 Å². The van der Waals surface area contributed by atoms with Crippen molar-refractivity contribution in [1.82, 2.24) is 10.3 Å². The molecule has 6 heteroatoms. The summed E-state index contributed by atoms with van der Waals surface area (Å²) in [7, 11) is 0. The maximum Gasteiger partial charge on any atom is 0.253 e. The highest BCUT2D eigenvalue weighted by Gasteiger charge is 2.10. The van der Waals surface area contributed by atoms with Crippen LogP contribution in [0.2, 0.25) is 0 Å². The molecule has 0 saturated carbocycles. The third-order valence-electron chi connectivity index (χ3n) is 2.49. The van der Waals surface area contributed by atoms with Crippen LogP contribution < -0.4 is 16.6 Å². The molecule has 1 aromatic carbocycles. The van der Waals surface area contributed by atoms with Gasteiger partial charge in [0.1, 0.15) is 0 Å². The van der Waals surface area contributed by atoms with Crippen molar-refractivity contribution in [3.63, 3.8) is 0 Å². The van der Waals surface area contributed by atoms with Gasteiger partial charge in [0.25, 0.3) is 5.91 Å². The van der Waals surface area contributed by atoms with Gasteiger partial charge in [-0.2, -0.15) is 0 Å². The fourth-order valence-corrected chi connectivity index (χ4v) is 2.12. The van der Waals surface area contributed by atoms with Crippen LogP contribution in [0, 0.1) is 6.92 Å². The molecule has 5 nitrogen and oxygen atoms in total. The Morgan fingerprint density at radius 1 is 1.50 bits per heavy atom. The highest BCUT2D eigenvalue weighted by atomic mass is 32.1. The van der Waals surface area contributed by atoms with E-state index in [4.69, 9.17) is 5.84 Å². The van der Waals surface area contributed by atoms with E-state index in [0.29, 0.717) is 17.8 Å². The summed E-state index contributed by atoms with van der Waals surface area (Å²) in [5.41, 5.74) is 7.31. The molecule has 0 radical (unpaired) electrons. The van der Waals surface area contributed by atoms with E-state index in [1.807, 2.05) is 24.4 Å². The third kappa shape index (κ3) is 2.85. The number of carbonyl (C=O) groups is 1. The number of aryl methyl sites for hydroxylation is 1. The fourth-order valence-electron chi connectivity index (χ4n) is 1.57. The van der Waals surface area contributed by atoms with E-state index < -0.39 is 0 Å². The van der Waals surface area contributed by atoms with Crippen LogP contribution >= 0.6 is 11.3 Å². The molecule has 94 valence electrons. The van der Waals surface area contributed by atoms with Gasteiger partial charge in [0, 0.05) is 5.38 Å². The lowest BCUT2D eigenvalue weighted by atomic mass is 10.1. The Morgan fingerprint density at radius 2 is 2.33 bits per heavy atom. The Balaban J connectivity index is 2.09. The minimum Gasteiger partial charge on any atom is -0.346 e. The zero-order valence-corrected chi connectivity index (χ0v) is 10.8. The second kappa shape index (κ2) is 5.61. The van der Waals surface area contributed by atoms with E-state index in [-0.39, 0.29) is 5.91 Å². The zero-order chi connectivity index (χ0) is 13.0. The molecule has 1 amide bonds. The second-order valence-corrected chi connectivity index (χ2v) is 4.57. The molecular weight excluding hydrogens is 248 g/mol. The van der Waals surface area contributed by atoms with Gasteiger partial charge in [0.15, 0.2) is 0 Å². The van der Waals surface area contributed by atoms with Crippen molar-refractivity contribution in [1.29, 1.82) is 0 Å². The number of nitrogens with zero attached hydrogens (tertiary/aromatic N) is 1. The predicted octanol–water partition coefficient (Wildman–Crippen LogP) is 1.67. The number of aromatic nitrogens is 1. The number of hydrazine groups is 1. The molecule has 1 heterocycles. The first kappa shape index (κ1) is 12.5. The SMILES string of the molecule is Cc1ccc(C(=O)NCc2cscn2)c(NN)c1. The van der Waals surface area contributed by atoms with Gasteiger partial charge < -0.3 is 10.7 Å². The molecule has 0 aliphatic rings. The van der Waals surface area contributed by atoms with Crippen molar-refractivity contribution in [2.45, 2.75) is 13.5 Å². The minimum atomic E-state index is -0.170. The first-order valence-electron chi connectivity index (χ1n) is 5.43. The van der Waals surface area contributed by atoms with Gasteiger partial charge in [-0.25, -0.2) is 4.98 Å². The molecule has 4 N–H and O–H groups in total. The topological polar surface area (TPSA) is 80.0 Å². The lowest BCUT2D eigenvalue weighted by molar-refractivity contribution is 0.0951. The van der Waals surface area contributed by atoms with Crippen molar-refractivity contribution in [3.05, 3.63) is 45.9 Å². The van der Waals surface area contributed by atoms with Crippen LogP contribution in [0.3, 0.4) is 0 Å². The summed E-state index contributed by atoms with van der Waals surface area (Å²) in [6, 6.07) is 5.46. The van der Waals surface area contributed by atoms with Gasteiger partial charge in [-0.3, -0.25) is 10.6 Å². The largest absolute Gasteiger partial charge is 0.346 e. The first-order chi connectivity index (χ1) is 8.70. The smallest absolute Gasteiger partial charge is 0.253 e. The van der Waals surface area contributed by atoms with Gasteiger partial charge in [0.05, 0.1) is 29.0 Å². The molecule has 2 rings (SSSR count). The molecule has 1 aromatic heterocycles. The average Bonchev–Trinajstić information content (AvgIpc) is 2.88. The summed E-state index contributed by atoms with van der Waals surface area (Å²) in [4.78, 5) is 16.1. The maximum atomic E-state index is 12.0. The Kier molecular flexibility index (Phi) is 3.91. The minimum absolute atomic E-state index is 0.170. The number of amides is 1. The molecule has 0 spiro atoms. The number of carbonyl (C=O) groups excluding carboxylic acids is 1. The van der Waals surface area contributed by atoms with E-state index in [0.717, 1.165) is 11.3 Å². The molecule has 0 saturated heterocycles. The van der Waals surface area contributed by atoms with Crippen LogP contribution in [0.4, 0.5) is 5.69 Å². The Morgan fingerprint density at radius 3 is 3.00 bits per heavy atom. The average molecular weight is 262 g/mol. The lowest BCUT2D eigenvalue weighted by Gasteiger charge is -2.09. The van der Waals surface area contributed by atoms with Gasteiger partial charge in [-0.05, 0) is 24.6 Å². The molecule has 2 aromatic rings. The van der Waals surface area contributed by atoms with E-state index >= 15 is 0 Å². The lowest BCUT2D eigenvalue weighted by Crippen LogP contribution is -2.25. The monoisotopic (exact) mass is 262 g/mol. The summed E-state index contributed by atoms with van der Waals surface area (Å²) in [6.45, 7) is 2.36. The van der Waals surface area contributed by atoms with Crippen molar-refractivity contribution in [2.24, 2.45) is 5.84 Å². The molecule has 18 heavy (non-hydrogen) atoms. The van der Waals surface area contributed by atoms with Crippen LogP contribution in [0.25, 0.3) is 0 Å². The quantitative estimate of drug-likeness (QED) is 0.578. The third-order valence-corrected chi connectivity index (χ3v) is 3.12. The number of benzene rings is 1. The van der Waals surface area contributed by atoms with E-state index in [2.05, 4.69) is 15.7 Å².